The van der Waals surface area contributed by atoms with E-state index in [9.17, 15) is 9.59 Å². The van der Waals surface area contributed by atoms with E-state index in [1.54, 1.807) is 7.05 Å². The van der Waals surface area contributed by atoms with Crippen LogP contribution in [0.5, 0.6) is 0 Å². The van der Waals surface area contributed by atoms with E-state index in [2.05, 4.69) is 37.9 Å². The largest absolute Gasteiger partial charge is 0.373 e. The first-order valence-electron chi connectivity index (χ1n) is 9.23. The van der Waals surface area contributed by atoms with Crippen molar-refractivity contribution in [1.29, 1.82) is 0 Å². The molecule has 2 fully saturated rings. The molecule has 0 aromatic heterocycles. The van der Waals surface area contributed by atoms with E-state index >= 15 is 0 Å². The van der Waals surface area contributed by atoms with E-state index in [0.29, 0.717) is 13.1 Å². The van der Waals surface area contributed by atoms with E-state index in [1.807, 2.05) is 4.90 Å². The molecule has 138 valence electrons. The lowest BCUT2D eigenvalue weighted by molar-refractivity contribution is -0.148. The number of ether oxygens (including phenoxy) is 1. The summed E-state index contributed by atoms with van der Waals surface area (Å²) in [6.45, 7) is 11.3. The number of rotatable bonds is 4. The van der Waals surface area contributed by atoms with Gasteiger partial charge in [-0.15, -0.1) is 0 Å². The van der Waals surface area contributed by atoms with Gasteiger partial charge >= 0.3 is 0 Å². The van der Waals surface area contributed by atoms with Gasteiger partial charge in [0.05, 0.1) is 18.2 Å². The van der Waals surface area contributed by atoms with Crippen LogP contribution in [0.1, 0.15) is 40.5 Å². The average Bonchev–Trinajstić information content (AvgIpc) is 2.53. The van der Waals surface area contributed by atoms with Gasteiger partial charge in [0.25, 0.3) is 0 Å². The zero-order chi connectivity index (χ0) is 17.9. The van der Waals surface area contributed by atoms with Crippen LogP contribution in [0.25, 0.3) is 0 Å². The average molecular weight is 339 g/mol. The third-order valence-electron chi connectivity index (χ3n) is 5.15. The Morgan fingerprint density at radius 2 is 1.62 bits per heavy atom. The summed E-state index contributed by atoms with van der Waals surface area (Å²) in [7, 11) is 1.68. The number of carbonyl (C=O) groups excluding carboxylic acids is 2. The van der Waals surface area contributed by atoms with E-state index in [-0.39, 0.29) is 41.9 Å². The maximum absolute atomic E-state index is 13.1. The van der Waals surface area contributed by atoms with Crippen molar-refractivity contribution in [3.05, 3.63) is 0 Å². The smallest absolute Gasteiger partial charge is 0.240 e. The van der Waals surface area contributed by atoms with Crippen LogP contribution in [0, 0.1) is 11.8 Å². The summed E-state index contributed by atoms with van der Waals surface area (Å²) < 4.78 is 5.81. The maximum atomic E-state index is 13.1. The van der Waals surface area contributed by atoms with Crippen LogP contribution in [-0.4, -0.2) is 73.1 Å². The molecule has 6 heteroatoms. The van der Waals surface area contributed by atoms with Crippen molar-refractivity contribution >= 4 is 11.8 Å². The predicted octanol–water partition coefficient (Wildman–Crippen LogP) is 1.10. The molecular formula is C18H33N3O3. The molecule has 2 aliphatic heterocycles. The Balaban J connectivity index is 2.01. The first-order chi connectivity index (χ1) is 11.3. The summed E-state index contributed by atoms with van der Waals surface area (Å²) in [5.41, 5.74) is 0. The molecule has 0 aromatic carbocycles. The molecule has 2 heterocycles. The minimum atomic E-state index is -0.102. The van der Waals surface area contributed by atoms with Crippen LogP contribution in [0.15, 0.2) is 0 Å². The number of hydrogen-bond acceptors (Lipinski definition) is 4. The Morgan fingerprint density at radius 3 is 2.08 bits per heavy atom. The van der Waals surface area contributed by atoms with Gasteiger partial charge in [0.2, 0.25) is 11.8 Å². The van der Waals surface area contributed by atoms with Crippen molar-refractivity contribution in [2.45, 2.75) is 58.8 Å². The van der Waals surface area contributed by atoms with Gasteiger partial charge in [0.1, 0.15) is 0 Å². The van der Waals surface area contributed by atoms with Gasteiger partial charge in [-0.1, -0.05) is 13.8 Å². The fraction of sp³-hybridized carbons (Fsp3) is 0.889. The highest BCUT2D eigenvalue weighted by molar-refractivity contribution is 5.83. The lowest BCUT2D eigenvalue weighted by Crippen LogP contribution is -2.58. The van der Waals surface area contributed by atoms with E-state index in [4.69, 9.17) is 4.74 Å². The number of nitrogens with one attached hydrogen (secondary N) is 1. The molecule has 24 heavy (non-hydrogen) atoms. The van der Waals surface area contributed by atoms with Crippen LogP contribution >= 0.6 is 0 Å². The van der Waals surface area contributed by atoms with Crippen molar-refractivity contribution in [1.82, 2.24) is 15.1 Å². The molecular weight excluding hydrogens is 306 g/mol. The summed E-state index contributed by atoms with van der Waals surface area (Å²) in [6.07, 6.45) is 1.82. The van der Waals surface area contributed by atoms with Gasteiger partial charge in [-0.05, 0) is 32.6 Å². The molecule has 2 aliphatic rings. The quantitative estimate of drug-likeness (QED) is 0.833. The fourth-order valence-electron chi connectivity index (χ4n) is 4.06. The second-order valence-corrected chi connectivity index (χ2v) is 7.61. The van der Waals surface area contributed by atoms with Gasteiger partial charge in [-0.2, -0.15) is 0 Å². The van der Waals surface area contributed by atoms with Crippen LogP contribution in [-0.2, 0) is 14.3 Å². The molecule has 0 bridgehead atoms. The number of piperidine rings is 1. The summed E-state index contributed by atoms with van der Waals surface area (Å²) in [6, 6.07) is -0.102. The van der Waals surface area contributed by atoms with Crippen molar-refractivity contribution in [3.8, 4) is 0 Å². The van der Waals surface area contributed by atoms with Gasteiger partial charge in [-0.25, -0.2) is 0 Å². The minimum absolute atomic E-state index is 0.0416. The summed E-state index contributed by atoms with van der Waals surface area (Å²) in [4.78, 5) is 29.2. The van der Waals surface area contributed by atoms with Crippen LogP contribution in [0.2, 0.25) is 0 Å². The lowest BCUT2D eigenvalue weighted by Gasteiger charge is -2.43. The standard InChI is InChI=1S/C18H33N3O3/c1-12(2)16(21-10-13(3)24-14(4)11-21)18(23)20-8-6-15(7-9-20)17(22)19-5/h12-16H,6-11H2,1-5H3,(H,19,22). The van der Waals surface area contributed by atoms with Crippen molar-refractivity contribution in [3.63, 3.8) is 0 Å². The van der Waals surface area contributed by atoms with Crippen LogP contribution in [0.3, 0.4) is 0 Å². The molecule has 0 saturated carbocycles. The third kappa shape index (κ3) is 4.48. The molecule has 0 aromatic rings. The molecule has 0 radical (unpaired) electrons. The van der Waals surface area contributed by atoms with Crippen LogP contribution < -0.4 is 5.32 Å². The molecule has 2 rings (SSSR count). The second-order valence-electron chi connectivity index (χ2n) is 7.61. The van der Waals surface area contributed by atoms with Gasteiger partial charge < -0.3 is 15.0 Å². The predicted molar refractivity (Wildman–Crippen MR) is 93.6 cm³/mol. The highest BCUT2D eigenvalue weighted by atomic mass is 16.5. The third-order valence-corrected chi connectivity index (χ3v) is 5.15. The Labute approximate surface area is 145 Å². The fourth-order valence-corrected chi connectivity index (χ4v) is 4.06. The molecule has 2 amide bonds. The first-order valence-corrected chi connectivity index (χ1v) is 9.23. The molecule has 0 spiro atoms. The maximum Gasteiger partial charge on any atom is 0.240 e. The molecule has 1 N–H and O–H groups in total. The minimum Gasteiger partial charge on any atom is -0.373 e. The number of carbonyl (C=O) groups is 2. The topological polar surface area (TPSA) is 61.9 Å². The number of nitrogens with zero attached hydrogens (tertiary/aromatic N) is 2. The Morgan fingerprint density at radius 1 is 1.08 bits per heavy atom. The molecule has 6 nitrogen and oxygen atoms in total. The molecule has 2 saturated heterocycles. The first kappa shape index (κ1) is 19.2. The van der Waals surface area contributed by atoms with E-state index in [1.165, 1.54) is 0 Å². The van der Waals surface area contributed by atoms with Crippen molar-refractivity contribution in [2.75, 3.05) is 33.2 Å². The number of amides is 2. The van der Waals surface area contributed by atoms with Crippen molar-refractivity contribution in [2.24, 2.45) is 11.8 Å². The molecule has 0 aliphatic carbocycles. The number of morpholine rings is 1. The summed E-state index contributed by atoms with van der Waals surface area (Å²) in [5, 5.41) is 2.72. The zero-order valence-corrected chi connectivity index (χ0v) is 15.7. The summed E-state index contributed by atoms with van der Waals surface area (Å²) >= 11 is 0. The highest BCUT2D eigenvalue weighted by Crippen LogP contribution is 2.23. The lowest BCUT2D eigenvalue weighted by atomic mass is 9.93. The Bertz CT molecular complexity index is 437. The van der Waals surface area contributed by atoms with Gasteiger partial charge in [-0.3, -0.25) is 14.5 Å². The monoisotopic (exact) mass is 339 g/mol. The SMILES string of the molecule is CNC(=O)C1CCN(C(=O)C(C(C)C)N2CC(C)OC(C)C2)CC1. The zero-order valence-electron chi connectivity index (χ0n) is 15.7. The molecule has 3 atom stereocenters. The highest BCUT2D eigenvalue weighted by Gasteiger charge is 2.37. The number of likely N-dealkylation sites (tertiary alicyclic amines) is 1. The number of hydrogen-bond donors (Lipinski definition) is 1. The Kier molecular flexibility index (Phi) is 6.63. The normalized spacial score (nSPS) is 28.0. The second kappa shape index (κ2) is 8.30. The van der Waals surface area contributed by atoms with Crippen LogP contribution in [0.4, 0.5) is 0 Å². The van der Waals surface area contributed by atoms with E-state index in [0.717, 1.165) is 25.9 Å². The van der Waals surface area contributed by atoms with Gasteiger partial charge in [0, 0.05) is 39.1 Å². The van der Waals surface area contributed by atoms with Gasteiger partial charge in [0.15, 0.2) is 0 Å². The van der Waals surface area contributed by atoms with Crippen molar-refractivity contribution < 1.29 is 14.3 Å². The van der Waals surface area contributed by atoms with E-state index < -0.39 is 0 Å². The Hall–Kier alpha value is -1.14. The molecule has 3 unspecified atom stereocenters. The summed E-state index contributed by atoms with van der Waals surface area (Å²) in [5.74, 6) is 0.603.